The lowest BCUT2D eigenvalue weighted by atomic mass is 9.84. The zero-order chi connectivity index (χ0) is 20.4. The van der Waals surface area contributed by atoms with Crippen LogP contribution in [0.4, 0.5) is 4.79 Å². The zero-order valence-electron chi connectivity index (χ0n) is 17.2. The van der Waals surface area contributed by atoms with E-state index >= 15 is 0 Å². The third kappa shape index (κ3) is 4.93. The summed E-state index contributed by atoms with van der Waals surface area (Å²) >= 11 is 1.15. The molecule has 3 fully saturated rings. The molecule has 9 nitrogen and oxygen atoms in total. The Morgan fingerprint density at radius 1 is 1.28 bits per heavy atom. The number of carbonyl (C=O) groups excluding carboxylic acids is 2. The van der Waals surface area contributed by atoms with E-state index in [2.05, 4.69) is 44.8 Å². The van der Waals surface area contributed by atoms with Gasteiger partial charge in [0, 0.05) is 20.3 Å². The molecule has 29 heavy (non-hydrogen) atoms. The molecule has 3 heterocycles. The lowest BCUT2D eigenvalue weighted by molar-refractivity contribution is -0.119. The number of likely N-dealkylation sites (N-methyl/N-ethyl adjacent to an activating group) is 2. The molecule has 0 aromatic rings. The van der Waals surface area contributed by atoms with E-state index in [0.29, 0.717) is 18.6 Å². The van der Waals surface area contributed by atoms with Gasteiger partial charge in [-0.15, -0.1) is 0 Å². The Morgan fingerprint density at radius 3 is 2.79 bits per heavy atom. The summed E-state index contributed by atoms with van der Waals surface area (Å²) in [5.41, 5.74) is 0. The van der Waals surface area contributed by atoms with Gasteiger partial charge in [-0.25, -0.2) is 0 Å². The van der Waals surface area contributed by atoms with Gasteiger partial charge in [0.2, 0.25) is 5.91 Å². The predicted octanol–water partition coefficient (Wildman–Crippen LogP) is 0.380. The Hall–Kier alpha value is -1.20. The number of nitrogens with one attached hydrogen (secondary N) is 3. The highest BCUT2D eigenvalue weighted by Gasteiger charge is 2.39. The number of aliphatic imine (C=N–C) groups is 1. The molecule has 4 unspecified atom stereocenters. The number of hydrogen-bond donors (Lipinski definition) is 3. The Bertz CT molecular complexity index is 641. The molecule has 2 saturated heterocycles. The topological polar surface area (TPSA) is 98.3 Å². The number of hydrogen-bond acceptors (Lipinski definition) is 9. The first-order valence-corrected chi connectivity index (χ1v) is 11.4. The van der Waals surface area contributed by atoms with Gasteiger partial charge in [0.25, 0.3) is 5.24 Å². The van der Waals surface area contributed by atoms with Crippen molar-refractivity contribution >= 4 is 29.2 Å². The van der Waals surface area contributed by atoms with E-state index in [4.69, 9.17) is 4.74 Å². The minimum absolute atomic E-state index is 0.118. The Balaban J connectivity index is 1.14. The van der Waals surface area contributed by atoms with Gasteiger partial charge in [-0.05, 0) is 45.1 Å². The van der Waals surface area contributed by atoms with Crippen LogP contribution >= 0.6 is 11.8 Å². The van der Waals surface area contributed by atoms with Crippen LogP contribution in [0.3, 0.4) is 0 Å². The molecule has 4 rings (SSSR count). The second kappa shape index (κ2) is 9.30. The molecule has 1 saturated carbocycles. The van der Waals surface area contributed by atoms with Crippen LogP contribution in [0.15, 0.2) is 4.99 Å². The van der Waals surface area contributed by atoms with Crippen LogP contribution in [0.1, 0.15) is 32.1 Å². The molecule has 0 aromatic heterocycles. The van der Waals surface area contributed by atoms with Gasteiger partial charge in [-0.1, -0.05) is 11.8 Å². The van der Waals surface area contributed by atoms with Gasteiger partial charge < -0.3 is 9.64 Å². The second-order valence-electron chi connectivity index (χ2n) is 8.51. The molecular formula is C19H32N6O3S. The van der Waals surface area contributed by atoms with Crippen LogP contribution in [0.2, 0.25) is 0 Å². The normalized spacial score (nSPS) is 37.3. The summed E-state index contributed by atoms with van der Waals surface area (Å²) in [4.78, 5) is 32.1. The summed E-state index contributed by atoms with van der Waals surface area (Å²) < 4.78 is 6.16. The average molecular weight is 425 g/mol. The molecule has 3 aliphatic heterocycles. The molecule has 0 bridgehead atoms. The highest BCUT2D eigenvalue weighted by atomic mass is 32.2. The highest BCUT2D eigenvalue weighted by molar-refractivity contribution is 8.15. The molecule has 10 heteroatoms. The van der Waals surface area contributed by atoms with Crippen molar-refractivity contribution in [2.24, 2.45) is 10.9 Å². The van der Waals surface area contributed by atoms with Crippen molar-refractivity contribution in [1.29, 1.82) is 0 Å². The van der Waals surface area contributed by atoms with Gasteiger partial charge in [0.1, 0.15) is 12.2 Å². The number of ether oxygens (including phenoxy) is 1. The molecule has 162 valence electrons. The Morgan fingerprint density at radius 2 is 2.07 bits per heavy atom. The minimum Gasteiger partial charge on any atom is -0.377 e. The molecule has 1 aliphatic carbocycles. The maximum atomic E-state index is 11.7. The van der Waals surface area contributed by atoms with Gasteiger partial charge >= 0.3 is 0 Å². The fourth-order valence-corrected chi connectivity index (χ4v) is 5.74. The summed E-state index contributed by atoms with van der Waals surface area (Å²) in [6.45, 7) is 2.35. The van der Waals surface area contributed by atoms with E-state index in [1.165, 1.54) is 0 Å². The van der Waals surface area contributed by atoms with E-state index < -0.39 is 0 Å². The molecule has 4 aliphatic rings. The van der Waals surface area contributed by atoms with Crippen LogP contribution in [0, 0.1) is 5.92 Å². The number of carbonyl (C=O) groups is 2. The van der Waals surface area contributed by atoms with Crippen LogP contribution < -0.4 is 16.0 Å². The number of fused-ring (bicyclic) bond motifs is 1. The van der Waals surface area contributed by atoms with Crippen molar-refractivity contribution in [3.63, 3.8) is 0 Å². The number of nitrogens with zero attached hydrogens (tertiary/aromatic N) is 3. The van der Waals surface area contributed by atoms with Gasteiger partial charge in [-0.2, -0.15) is 0 Å². The summed E-state index contributed by atoms with van der Waals surface area (Å²) in [5, 5.41) is 8.93. The molecule has 3 N–H and O–H groups in total. The van der Waals surface area contributed by atoms with Gasteiger partial charge in [-0.3, -0.25) is 35.4 Å². The lowest BCUT2D eigenvalue weighted by Crippen LogP contribution is -2.66. The van der Waals surface area contributed by atoms with E-state index in [1.807, 2.05) is 6.34 Å². The molecule has 2 amide bonds. The highest BCUT2D eigenvalue weighted by Crippen LogP contribution is 2.34. The first-order valence-electron chi connectivity index (χ1n) is 10.6. The largest absolute Gasteiger partial charge is 0.377 e. The molecule has 0 aromatic carbocycles. The molecule has 0 spiro atoms. The standard InChI is InChI=1S/C19H32N6O3S/c1-24(16-15-17(21-10-20-16)25(2)11-22-15)7-8-28-13-5-3-12(4-6-13)9-14-18(26)23-19(27)29-14/h11-17,20-21H,3-10H2,1-2H3,(H,23,26,27). The first kappa shape index (κ1) is 21.0. The number of rotatable bonds is 7. The Labute approximate surface area is 176 Å². The van der Waals surface area contributed by atoms with Crippen molar-refractivity contribution in [2.45, 2.75) is 61.8 Å². The zero-order valence-corrected chi connectivity index (χ0v) is 18.0. The van der Waals surface area contributed by atoms with Crippen molar-refractivity contribution in [1.82, 2.24) is 25.8 Å². The lowest BCUT2D eigenvalue weighted by Gasteiger charge is -2.41. The number of imide groups is 1. The van der Waals surface area contributed by atoms with E-state index in [1.54, 1.807) is 0 Å². The van der Waals surface area contributed by atoms with Crippen molar-refractivity contribution in [3.8, 4) is 0 Å². The molecule has 4 atom stereocenters. The molecule has 0 radical (unpaired) electrons. The fourth-order valence-electron chi connectivity index (χ4n) is 4.79. The SMILES string of the molecule is CN1C=NC2C1NCNC2N(C)CCOC1CCC(CC2SC(=O)NC2=O)CC1. The quantitative estimate of drug-likeness (QED) is 0.540. The number of thioether (sulfide) groups is 1. The van der Waals surface area contributed by atoms with E-state index in [9.17, 15) is 9.59 Å². The third-order valence-electron chi connectivity index (χ3n) is 6.51. The maximum absolute atomic E-state index is 11.7. The summed E-state index contributed by atoms with van der Waals surface area (Å²) in [6, 6.07) is 0.187. The van der Waals surface area contributed by atoms with Crippen molar-refractivity contribution in [2.75, 3.05) is 33.9 Å². The van der Waals surface area contributed by atoms with E-state index in [0.717, 1.165) is 57.1 Å². The van der Waals surface area contributed by atoms with Crippen molar-refractivity contribution < 1.29 is 14.3 Å². The third-order valence-corrected chi connectivity index (χ3v) is 7.52. The Kier molecular flexibility index (Phi) is 6.75. The van der Waals surface area contributed by atoms with E-state index in [-0.39, 0.29) is 34.8 Å². The first-order chi connectivity index (χ1) is 14.0. The van der Waals surface area contributed by atoms with Crippen LogP contribution in [0.5, 0.6) is 0 Å². The fraction of sp³-hybridized carbons (Fsp3) is 0.842. The van der Waals surface area contributed by atoms with Crippen LogP contribution in [-0.2, 0) is 9.53 Å². The monoisotopic (exact) mass is 424 g/mol. The minimum atomic E-state index is -0.203. The summed E-state index contributed by atoms with van der Waals surface area (Å²) in [7, 11) is 4.18. The second-order valence-corrected chi connectivity index (χ2v) is 9.68. The van der Waals surface area contributed by atoms with Gasteiger partial charge in [0.15, 0.2) is 0 Å². The summed E-state index contributed by atoms with van der Waals surface area (Å²) in [5.74, 6) is 0.396. The van der Waals surface area contributed by atoms with Crippen LogP contribution in [0.25, 0.3) is 0 Å². The van der Waals surface area contributed by atoms with Crippen LogP contribution in [-0.4, -0.2) is 90.9 Å². The van der Waals surface area contributed by atoms with Gasteiger partial charge in [0.05, 0.1) is 30.5 Å². The maximum Gasteiger partial charge on any atom is 0.286 e. The smallest absolute Gasteiger partial charge is 0.286 e. The summed E-state index contributed by atoms with van der Waals surface area (Å²) in [6.07, 6.45) is 7.69. The predicted molar refractivity (Wildman–Crippen MR) is 113 cm³/mol. The average Bonchev–Trinajstić information content (AvgIpc) is 3.24. The van der Waals surface area contributed by atoms with Crippen molar-refractivity contribution in [3.05, 3.63) is 0 Å². The number of amides is 2. The molecular weight excluding hydrogens is 392 g/mol.